The van der Waals surface area contributed by atoms with Crippen LogP contribution >= 0.6 is 11.6 Å². The largest absolute Gasteiger partial charge is 0.380 e. The van der Waals surface area contributed by atoms with E-state index in [1.807, 2.05) is 0 Å². The fraction of sp³-hybridized carbons (Fsp3) is 1.00. The van der Waals surface area contributed by atoms with E-state index in [2.05, 4.69) is 18.7 Å². The highest BCUT2D eigenvalue weighted by Gasteiger charge is 2.02. The van der Waals surface area contributed by atoms with Gasteiger partial charge in [0.05, 0.1) is 6.61 Å². The fourth-order valence-corrected chi connectivity index (χ4v) is 1.62. The smallest absolute Gasteiger partial charge is 0.0593 e. The Morgan fingerprint density at radius 1 is 0.933 bits per heavy atom. The highest BCUT2D eigenvalue weighted by atomic mass is 35.5. The lowest BCUT2D eigenvalue weighted by Crippen LogP contribution is -2.30. The summed E-state index contributed by atoms with van der Waals surface area (Å²) in [6.07, 6.45) is 4.88. The first-order valence-corrected chi connectivity index (χ1v) is 6.74. The van der Waals surface area contributed by atoms with Gasteiger partial charge in [-0.3, -0.25) is 4.90 Å². The number of alkyl halides is 1. The van der Waals surface area contributed by atoms with Crippen molar-refractivity contribution in [1.82, 2.24) is 4.90 Å². The summed E-state index contributed by atoms with van der Waals surface area (Å²) in [6.45, 7) is 9.32. The van der Waals surface area contributed by atoms with E-state index in [1.165, 1.54) is 25.7 Å². The molecule has 0 rings (SSSR count). The second-order valence-corrected chi connectivity index (χ2v) is 4.23. The molecule has 0 heterocycles. The van der Waals surface area contributed by atoms with E-state index in [0.717, 1.165) is 38.7 Å². The Bertz CT molecular complexity index is 122. The van der Waals surface area contributed by atoms with Gasteiger partial charge in [-0.25, -0.2) is 0 Å². The predicted molar refractivity (Wildman–Crippen MR) is 67.8 cm³/mol. The molecule has 0 bridgehead atoms. The van der Waals surface area contributed by atoms with Gasteiger partial charge in [-0.1, -0.05) is 26.7 Å². The Morgan fingerprint density at radius 3 is 2.27 bits per heavy atom. The van der Waals surface area contributed by atoms with Crippen LogP contribution in [0.4, 0.5) is 0 Å². The molecule has 0 spiro atoms. The van der Waals surface area contributed by atoms with Gasteiger partial charge >= 0.3 is 0 Å². The summed E-state index contributed by atoms with van der Waals surface area (Å²) in [4.78, 5) is 2.39. The van der Waals surface area contributed by atoms with Crippen LogP contribution in [-0.2, 0) is 4.74 Å². The Morgan fingerprint density at radius 2 is 1.67 bits per heavy atom. The van der Waals surface area contributed by atoms with Crippen LogP contribution in [0, 0.1) is 0 Å². The standard InChI is InChI=1S/C12H26ClNO/c1-3-5-8-14(9-7-13)10-12-15-11-6-4-2/h3-12H2,1-2H3. The van der Waals surface area contributed by atoms with Gasteiger partial charge in [-0.2, -0.15) is 0 Å². The van der Waals surface area contributed by atoms with Gasteiger partial charge in [0.15, 0.2) is 0 Å². The van der Waals surface area contributed by atoms with Crippen molar-refractivity contribution >= 4 is 11.6 Å². The number of nitrogens with zero attached hydrogens (tertiary/aromatic N) is 1. The lowest BCUT2D eigenvalue weighted by atomic mass is 10.3. The summed E-state index contributed by atoms with van der Waals surface area (Å²) >= 11 is 5.76. The third kappa shape index (κ3) is 10.5. The van der Waals surface area contributed by atoms with Gasteiger partial charge in [-0.15, -0.1) is 11.6 Å². The average Bonchev–Trinajstić information content (AvgIpc) is 2.25. The van der Waals surface area contributed by atoms with Crippen LogP contribution in [0.3, 0.4) is 0 Å². The number of hydrogen-bond donors (Lipinski definition) is 0. The van der Waals surface area contributed by atoms with Gasteiger partial charge in [0, 0.05) is 25.6 Å². The predicted octanol–water partition coefficient (Wildman–Crippen LogP) is 3.14. The van der Waals surface area contributed by atoms with Crippen molar-refractivity contribution in [2.24, 2.45) is 0 Å². The van der Waals surface area contributed by atoms with Crippen molar-refractivity contribution < 1.29 is 4.74 Å². The Hall–Kier alpha value is 0.210. The molecular weight excluding hydrogens is 210 g/mol. The molecule has 0 aliphatic heterocycles. The van der Waals surface area contributed by atoms with Crippen molar-refractivity contribution in [2.75, 3.05) is 38.7 Å². The topological polar surface area (TPSA) is 12.5 Å². The second kappa shape index (κ2) is 12.3. The number of ether oxygens (including phenoxy) is 1. The van der Waals surface area contributed by atoms with E-state index >= 15 is 0 Å². The lowest BCUT2D eigenvalue weighted by molar-refractivity contribution is 0.103. The minimum atomic E-state index is 0.721. The number of halogens is 1. The first kappa shape index (κ1) is 15.2. The SMILES string of the molecule is CCCCOCCN(CCCl)CCCC. The maximum Gasteiger partial charge on any atom is 0.0593 e. The van der Waals surface area contributed by atoms with E-state index in [9.17, 15) is 0 Å². The van der Waals surface area contributed by atoms with Crippen LogP contribution in [0.5, 0.6) is 0 Å². The molecule has 3 heteroatoms. The third-order valence-corrected chi connectivity index (χ3v) is 2.59. The van der Waals surface area contributed by atoms with Crippen molar-refractivity contribution in [1.29, 1.82) is 0 Å². The van der Waals surface area contributed by atoms with Crippen LogP contribution in [-0.4, -0.2) is 43.6 Å². The Kier molecular flexibility index (Phi) is 12.5. The molecule has 0 radical (unpaired) electrons. The van der Waals surface area contributed by atoms with Crippen LogP contribution in [0.1, 0.15) is 39.5 Å². The minimum Gasteiger partial charge on any atom is -0.380 e. The van der Waals surface area contributed by atoms with Gasteiger partial charge in [0.1, 0.15) is 0 Å². The van der Waals surface area contributed by atoms with E-state index in [1.54, 1.807) is 0 Å². The molecule has 0 aliphatic rings. The highest BCUT2D eigenvalue weighted by molar-refractivity contribution is 6.18. The molecule has 0 aromatic carbocycles. The molecule has 0 aromatic rings. The zero-order valence-electron chi connectivity index (χ0n) is 10.3. The zero-order valence-corrected chi connectivity index (χ0v) is 11.1. The highest BCUT2D eigenvalue weighted by Crippen LogP contribution is 1.96. The monoisotopic (exact) mass is 235 g/mol. The summed E-state index contributed by atoms with van der Waals surface area (Å²) in [5, 5.41) is 0. The molecule has 0 aromatic heterocycles. The molecule has 0 saturated heterocycles. The molecule has 15 heavy (non-hydrogen) atoms. The van der Waals surface area contributed by atoms with E-state index in [0.29, 0.717) is 0 Å². The third-order valence-electron chi connectivity index (χ3n) is 2.42. The fourth-order valence-electron chi connectivity index (χ4n) is 1.38. The normalized spacial score (nSPS) is 11.2. The Labute approximate surface area is 99.9 Å². The molecule has 0 amide bonds. The number of hydrogen-bond acceptors (Lipinski definition) is 2. The molecule has 0 unspecified atom stereocenters. The van der Waals surface area contributed by atoms with E-state index in [-0.39, 0.29) is 0 Å². The van der Waals surface area contributed by atoms with Gasteiger partial charge in [0.25, 0.3) is 0 Å². The first-order chi connectivity index (χ1) is 7.35. The van der Waals surface area contributed by atoms with Crippen molar-refractivity contribution in [3.8, 4) is 0 Å². The maximum atomic E-state index is 5.76. The molecule has 0 fully saturated rings. The number of unbranched alkanes of at least 4 members (excludes halogenated alkanes) is 2. The summed E-state index contributed by atoms with van der Waals surface area (Å²) in [7, 11) is 0. The number of rotatable bonds is 11. The second-order valence-electron chi connectivity index (χ2n) is 3.85. The molecule has 2 nitrogen and oxygen atoms in total. The summed E-state index contributed by atoms with van der Waals surface area (Å²) in [5.41, 5.74) is 0. The molecule has 92 valence electrons. The van der Waals surface area contributed by atoms with Crippen molar-refractivity contribution in [3.05, 3.63) is 0 Å². The average molecular weight is 236 g/mol. The lowest BCUT2D eigenvalue weighted by Gasteiger charge is -2.20. The van der Waals surface area contributed by atoms with Gasteiger partial charge in [0.2, 0.25) is 0 Å². The first-order valence-electron chi connectivity index (χ1n) is 6.21. The maximum absolute atomic E-state index is 5.76. The van der Waals surface area contributed by atoms with Crippen LogP contribution in [0.25, 0.3) is 0 Å². The molecule has 0 saturated carbocycles. The molecule has 0 aliphatic carbocycles. The molecule has 0 N–H and O–H groups in total. The van der Waals surface area contributed by atoms with Gasteiger partial charge < -0.3 is 4.74 Å². The quantitative estimate of drug-likeness (QED) is 0.403. The van der Waals surface area contributed by atoms with E-state index < -0.39 is 0 Å². The summed E-state index contributed by atoms with van der Waals surface area (Å²) < 4.78 is 5.55. The van der Waals surface area contributed by atoms with Crippen molar-refractivity contribution in [3.63, 3.8) is 0 Å². The molecular formula is C12H26ClNO. The van der Waals surface area contributed by atoms with Crippen LogP contribution in [0.2, 0.25) is 0 Å². The minimum absolute atomic E-state index is 0.721. The molecule has 0 atom stereocenters. The summed E-state index contributed by atoms with van der Waals surface area (Å²) in [5.74, 6) is 0.721. The Balaban J connectivity index is 3.38. The van der Waals surface area contributed by atoms with E-state index in [4.69, 9.17) is 16.3 Å². The van der Waals surface area contributed by atoms with Crippen molar-refractivity contribution in [2.45, 2.75) is 39.5 Å². The van der Waals surface area contributed by atoms with Gasteiger partial charge in [-0.05, 0) is 19.4 Å². The van der Waals surface area contributed by atoms with Crippen LogP contribution in [0.15, 0.2) is 0 Å². The van der Waals surface area contributed by atoms with Crippen LogP contribution < -0.4 is 0 Å². The summed E-state index contributed by atoms with van der Waals surface area (Å²) in [6, 6.07) is 0. The zero-order chi connectivity index (χ0) is 11.4.